The maximum Gasteiger partial charge on any atom is 0.338 e. The third-order valence-corrected chi connectivity index (χ3v) is 3.43. The number of benzene rings is 1. The number of nitrogens with one attached hydrogen (secondary N) is 2. The molecule has 0 spiro atoms. The van der Waals surface area contributed by atoms with Crippen LogP contribution in [0.15, 0.2) is 24.3 Å². The monoisotopic (exact) mass is 320 g/mol. The number of ether oxygens (including phenoxy) is 1. The molecule has 126 valence electrons. The minimum atomic E-state index is -0.555. The number of hydrogen-bond donors (Lipinski definition) is 2. The van der Waals surface area contributed by atoms with E-state index in [1.807, 2.05) is 20.8 Å². The molecule has 0 aromatic heterocycles. The number of rotatable bonds is 7. The van der Waals surface area contributed by atoms with Crippen molar-refractivity contribution >= 4 is 17.8 Å². The molecule has 6 heteroatoms. The van der Waals surface area contributed by atoms with Gasteiger partial charge in [0.15, 0.2) is 6.61 Å². The summed E-state index contributed by atoms with van der Waals surface area (Å²) in [7, 11) is 0. The van der Waals surface area contributed by atoms with Crippen molar-refractivity contribution in [2.75, 3.05) is 6.61 Å². The van der Waals surface area contributed by atoms with Gasteiger partial charge in [-0.3, -0.25) is 9.59 Å². The number of carbonyl (C=O) groups excluding carboxylic acids is 3. The predicted molar refractivity (Wildman–Crippen MR) is 86.8 cm³/mol. The lowest BCUT2D eigenvalue weighted by atomic mass is 10.0. The van der Waals surface area contributed by atoms with Crippen molar-refractivity contribution in [2.45, 2.75) is 46.2 Å². The molecule has 0 aliphatic heterocycles. The number of amides is 2. The Morgan fingerprint density at radius 2 is 1.74 bits per heavy atom. The van der Waals surface area contributed by atoms with Gasteiger partial charge in [0.1, 0.15) is 0 Å². The van der Waals surface area contributed by atoms with Crippen molar-refractivity contribution in [2.24, 2.45) is 0 Å². The van der Waals surface area contributed by atoms with Crippen LogP contribution in [-0.4, -0.2) is 29.9 Å². The average molecular weight is 320 g/mol. The van der Waals surface area contributed by atoms with Gasteiger partial charge in [0.05, 0.1) is 5.56 Å². The molecule has 2 N–H and O–H groups in total. The molecule has 0 aliphatic carbocycles. The normalized spacial score (nSPS) is 10.8. The molecule has 0 saturated heterocycles. The van der Waals surface area contributed by atoms with Crippen LogP contribution in [0, 0.1) is 0 Å². The number of hydrogen-bond acceptors (Lipinski definition) is 4. The first kappa shape index (κ1) is 18.7. The molecular formula is C17H24N2O4. The molecule has 0 radical (unpaired) electrons. The fourth-order valence-corrected chi connectivity index (χ4v) is 1.70. The summed E-state index contributed by atoms with van der Waals surface area (Å²) in [5.74, 6) is -0.998. The van der Waals surface area contributed by atoms with Crippen molar-refractivity contribution in [3.63, 3.8) is 0 Å². The Morgan fingerprint density at radius 1 is 1.13 bits per heavy atom. The van der Waals surface area contributed by atoms with Crippen LogP contribution < -0.4 is 10.6 Å². The molecule has 2 amide bonds. The Kier molecular flexibility index (Phi) is 6.75. The molecule has 0 aliphatic rings. The molecule has 1 aromatic carbocycles. The first-order valence-corrected chi connectivity index (χ1v) is 7.55. The van der Waals surface area contributed by atoms with Crippen LogP contribution in [0.3, 0.4) is 0 Å². The van der Waals surface area contributed by atoms with Gasteiger partial charge in [0.25, 0.3) is 5.91 Å². The molecule has 0 fully saturated rings. The summed E-state index contributed by atoms with van der Waals surface area (Å²) in [6.45, 7) is 7.31. The van der Waals surface area contributed by atoms with Gasteiger partial charge < -0.3 is 15.4 Å². The lowest BCUT2D eigenvalue weighted by Gasteiger charge is -2.24. The van der Waals surface area contributed by atoms with E-state index in [1.165, 1.54) is 6.92 Å². The van der Waals surface area contributed by atoms with Gasteiger partial charge in [-0.25, -0.2) is 4.79 Å². The largest absolute Gasteiger partial charge is 0.452 e. The van der Waals surface area contributed by atoms with Crippen LogP contribution in [-0.2, 0) is 20.9 Å². The summed E-state index contributed by atoms with van der Waals surface area (Å²) in [4.78, 5) is 34.5. The van der Waals surface area contributed by atoms with Gasteiger partial charge in [-0.1, -0.05) is 19.1 Å². The summed E-state index contributed by atoms with van der Waals surface area (Å²) in [6.07, 6.45) is 0.780. The molecule has 23 heavy (non-hydrogen) atoms. The van der Waals surface area contributed by atoms with E-state index >= 15 is 0 Å². The molecule has 0 saturated carbocycles. The standard InChI is InChI=1S/C17H24N2O4/c1-5-17(3,4)19-15(21)11-23-16(22)14-8-6-13(7-9-14)10-18-12(2)20/h6-9H,5,10-11H2,1-4H3,(H,18,20)(H,19,21). The molecule has 0 heterocycles. The van der Waals surface area contributed by atoms with Crippen LogP contribution in [0.1, 0.15) is 50.0 Å². The minimum Gasteiger partial charge on any atom is -0.452 e. The lowest BCUT2D eigenvalue weighted by molar-refractivity contribution is -0.125. The second kappa shape index (κ2) is 8.31. The fraction of sp³-hybridized carbons (Fsp3) is 0.471. The zero-order chi connectivity index (χ0) is 17.5. The molecule has 1 rings (SSSR count). The van der Waals surface area contributed by atoms with E-state index < -0.39 is 5.97 Å². The predicted octanol–water partition coefficient (Wildman–Crippen LogP) is 1.78. The highest BCUT2D eigenvalue weighted by molar-refractivity contribution is 5.91. The highest BCUT2D eigenvalue weighted by Crippen LogP contribution is 2.08. The van der Waals surface area contributed by atoms with Crippen LogP contribution >= 0.6 is 0 Å². The van der Waals surface area contributed by atoms with Crippen LogP contribution in [0.2, 0.25) is 0 Å². The van der Waals surface area contributed by atoms with E-state index in [0.717, 1.165) is 12.0 Å². The van der Waals surface area contributed by atoms with Crippen molar-refractivity contribution < 1.29 is 19.1 Å². The SMILES string of the molecule is CCC(C)(C)NC(=O)COC(=O)c1ccc(CNC(C)=O)cc1. The van der Waals surface area contributed by atoms with E-state index in [9.17, 15) is 14.4 Å². The zero-order valence-corrected chi connectivity index (χ0v) is 14.1. The number of carbonyl (C=O) groups is 3. The summed E-state index contributed by atoms with van der Waals surface area (Å²) >= 11 is 0. The zero-order valence-electron chi connectivity index (χ0n) is 14.1. The highest BCUT2D eigenvalue weighted by atomic mass is 16.5. The lowest BCUT2D eigenvalue weighted by Crippen LogP contribution is -2.44. The van der Waals surface area contributed by atoms with Gasteiger partial charge in [0.2, 0.25) is 5.91 Å². The number of esters is 1. The van der Waals surface area contributed by atoms with Crippen LogP contribution in [0.5, 0.6) is 0 Å². The molecule has 0 bridgehead atoms. The third-order valence-electron chi connectivity index (χ3n) is 3.43. The fourth-order valence-electron chi connectivity index (χ4n) is 1.70. The van der Waals surface area contributed by atoms with E-state index in [4.69, 9.17) is 4.74 Å². The third kappa shape index (κ3) is 6.95. The summed E-state index contributed by atoms with van der Waals surface area (Å²) in [5, 5.41) is 5.46. The molecule has 0 atom stereocenters. The average Bonchev–Trinajstić information content (AvgIpc) is 2.50. The summed E-state index contributed by atoms with van der Waals surface area (Å²) in [5.41, 5.74) is 0.910. The van der Waals surface area contributed by atoms with Gasteiger partial charge in [0, 0.05) is 19.0 Å². The van der Waals surface area contributed by atoms with Crippen LogP contribution in [0.4, 0.5) is 0 Å². The Balaban J connectivity index is 2.49. The van der Waals surface area contributed by atoms with E-state index in [2.05, 4.69) is 10.6 Å². The summed E-state index contributed by atoms with van der Waals surface area (Å²) in [6, 6.07) is 6.67. The summed E-state index contributed by atoms with van der Waals surface area (Å²) < 4.78 is 5.00. The quantitative estimate of drug-likeness (QED) is 0.750. The Bertz CT molecular complexity index is 564. The van der Waals surface area contributed by atoms with Gasteiger partial charge in [-0.2, -0.15) is 0 Å². The van der Waals surface area contributed by atoms with Gasteiger partial charge in [-0.15, -0.1) is 0 Å². The first-order valence-electron chi connectivity index (χ1n) is 7.55. The minimum absolute atomic E-state index is 0.116. The Labute approximate surface area is 136 Å². The van der Waals surface area contributed by atoms with Crippen molar-refractivity contribution in [3.05, 3.63) is 35.4 Å². The van der Waals surface area contributed by atoms with E-state index in [0.29, 0.717) is 12.1 Å². The maximum absolute atomic E-state index is 11.9. The Hall–Kier alpha value is -2.37. The topological polar surface area (TPSA) is 84.5 Å². The molecule has 1 aromatic rings. The maximum atomic E-state index is 11.9. The van der Waals surface area contributed by atoms with Gasteiger partial charge >= 0.3 is 5.97 Å². The second-order valence-corrected chi connectivity index (χ2v) is 5.97. The van der Waals surface area contributed by atoms with Crippen molar-refractivity contribution in [1.82, 2.24) is 10.6 Å². The van der Waals surface area contributed by atoms with Crippen LogP contribution in [0.25, 0.3) is 0 Å². The molecule has 0 unspecified atom stereocenters. The van der Waals surface area contributed by atoms with E-state index in [-0.39, 0.29) is 24.0 Å². The van der Waals surface area contributed by atoms with Crippen molar-refractivity contribution in [3.8, 4) is 0 Å². The molecule has 6 nitrogen and oxygen atoms in total. The first-order chi connectivity index (χ1) is 10.7. The second-order valence-electron chi connectivity index (χ2n) is 5.97. The van der Waals surface area contributed by atoms with Gasteiger partial charge in [-0.05, 0) is 38.0 Å². The van der Waals surface area contributed by atoms with Crippen molar-refractivity contribution in [1.29, 1.82) is 0 Å². The molecular weight excluding hydrogens is 296 g/mol. The highest BCUT2D eigenvalue weighted by Gasteiger charge is 2.19. The van der Waals surface area contributed by atoms with E-state index in [1.54, 1.807) is 24.3 Å². The Morgan fingerprint density at radius 3 is 2.26 bits per heavy atom. The smallest absolute Gasteiger partial charge is 0.338 e.